The third-order valence-corrected chi connectivity index (χ3v) is 4.38. The predicted molar refractivity (Wildman–Crippen MR) is 98.7 cm³/mol. The summed E-state index contributed by atoms with van der Waals surface area (Å²) in [6.45, 7) is 5.45. The highest BCUT2D eigenvalue weighted by atomic mass is 16.5. The topological polar surface area (TPSA) is 67.8 Å². The molecule has 2 heterocycles. The number of benzene rings is 1. The normalized spacial score (nSPS) is 14.2. The Balaban J connectivity index is 1.51. The molecule has 138 valence electrons. The average Bonchev–Trinajstić information content (AvgIpc) is 2.70. The van der Waals surface area contributed by atoms with Crippen molar-refractivity contribution >= 4 is 11.7 Å². The van der Waals surface area contributed by atoms with Gasteiger partial charge < -0.3 is 19.3 Å². The number of ether oxygens (including phenoxy) is 2. The highest BCUT2D eigenvalue weighted by molar-refractivity contribution is 5.79. The summed E-state index contributed by atoms with van der Waals surface area (Å²) in [5, 5.41) is 8.17. The van der Waals surface area contributed by atoms with E-state index in [-0.39, 0.29) is 5.91 Å². The van der Waals surface area contributed by atoms with Crippen LogP contribution in [0.1, 0.15) is 12.5 Å². The molecule has 1 aliphatic rings. The first-order valence-corrected chi connectivity index (χ1v) is 8.81. The van der Waals surface area contributed by atoms with Crippen LogP contribution in [0, 0.1) is 0 Å². The molecule has 1 aromatic carbocycles. The lowest BCUT2D eigenvalue weighted by Crippen LogP contribution is -2.49. The number of carbonyl (C=O) groups excluding carboxylic acids is 1. The molecule has 0 aliphatic carbocycles. The number of nitrogens with zero attached hydrogens (tertiary/aromatic N) is 4. The molecular weight excluding hydrogens is 332 g/mol. The standard InChI is InChI=1S/C19H24N4O3/c1-3-26-16-6-4-15(5-7-16)14-19(24)23-12-10-22(11-13-23)17-8-9-18(25-2)21-20-17/h4-9H,3,10-14H2,1-2H3. The van der Waals surface area contributed by atoms with Crippen LogP contribution >= 0.6 is 0 Å². The Morgan fingerprint density at radius 3 is 2.35 bits per heavy atom. The molecular formula is C19H24N4O3. The van der Waals surface area contributed by atoms with E-state index in [9.17, 15) is 4.79 Å². The molecule has 0 radical (unpaired) electrons. The summed E-state index contributed by atoms with van der Waals surface area (Å²) in [6, 6.07) is 11.4. The molecule has 2 aromatic rings. The third-order valence-electron chi connectivity index (χ3n) is 4.38. The van der Waals surface area contributed by atoms with E-state index in [0.29, 0.717) is 32.0 Å². The Morgan fingerprint density at radius 2 is 1.77 bits per heavy atom. The molecule has 0 spiro atoms. The number of rotatable bonds is 6. The van der Waals surface area contributed by atoms with Crippen LogP contribution in [-0.4, -0.2) is 60.9 Å². The zero-order valence-corrected chi connectivity index (χ0v) is 15.2. The van der Waals surface area contributed by atoms with E-state index in [1.54, 1.807) is 13.2 Å². The molecule has 0 N–H and O–H groups in total. The lowest BCUT2D eigenvalue weighted by Gasteiger charge is -2.35. The Morgan fingerprint density at radius 1 is 1.04 bits per heavy atom. The summed E-state index contributed by atoms with van der Waals surface area (Å²) in [6.07, 6.45) is 0.411. The van der Waals surface area contributed by atoms with Gasteiger partial charge in [0, 0.05) is 32.2 Å². The Hall–Kier alpha value is -2.83. The number of piperazine rings is 1. The zero-order valence-electron chi connectivity index (χ0n) is 15.2. The van der Waals surface area contributed by atoms with Gasteiger partial charge in [-0.1, -0.05) is 12.1 Å². The molecule has 7 heteroatoms. The Bertz CT molecular complexity index is 711. The van der Waals surface area contributed by atoms with E-state index in [0.717, 1.165) is 30.2 Å². The number of amides is 1. The first kappa shape index (κ1) is 18.0. The third kappa shape index (κ3) is 4.41. The van der Waals surface area contributed by atoms with Crippen LogP contribution in [0.25, 0.3) is 0 Å². The van der Waals surface area contributed by atoms with Gasteiger partial charge in [0.15, 0.2) is 5.82 Å². The number of hydrogen-bond acceptors (Lipinski definition) is 6. The van der Waals surface area contributed by atoms with Crippen molar-refractivity contribution in [2.75, 3.05) is 44.8 Å². The summed E-state index contributed by atoms with van der Waals surface area (Å²) in [7, 11) is 1.57. The predicted octanol–water partition coefficient (Wildman–Crippen LogP) is 1.78. The van der Waals surface area contributed by atoms with Gasteiger partial charge in [0.25, 0.3) is 0 Å². The monoisotopic (exact) mass is 356 g/mol. The largest absolute Gasteiger partial charge is 0.494 e. The molecule has 1 fully saturated rings. The highest BCUT2D eigenvalue weighted by Crippen LogP contribution is 2.17. The first-order chi connectivity index (χ1) is 12.7. The summed E-state index contributed by atoms with van der Waals surface area (Å²) in [5.41, 5.74) is 1.00. The van der Waals surface area contributed by atoms with Gasteiger partial charge in [-0.15, -0.1) is 10.2 Å². The van der Waals surface area contributed by atoms with Gasteiger partial charge in [0.05, 0.1) is 20.1 Å². The van der Waals surface area contributed by atoms with Crippen LogP contribution < -0.4 is 14.4 Å². The molecule has 1 aromatic heterocycles. The van der Waals surface area contributed by atoms with Crippen molar-refractivity contribution in [2.24, 2.45) is 0 Å². The van der Waals surface area contributed by atoms with E-state index < -0.39 is 0 Å². The highest BCUT2D eigenvalue weighted by Gasteiger charge is 2.22. The fourth-order valence-electron chi connectivity index (χ4n) is 2.93. The average molecular weight is 356 g/mol. The van der Waals surface area contributed by atoms with E-state index in [2.05, 4.69) is 15.1 Å². The van der Waals surface area contributed by atoms with Gasteiger partial charge >= 0.3 is 0 Å². The fraction of sp³-hybridized carbons (Fsp3) is 0.421. The second kappa shape index (κ2) is 8.51. The zero-order chi connectivity index (χ0) is 18.4. The molecule has 1 aliphatic heterocycles. The lowest BCUT2D eigenvalue weighted by atomic mass is 10.1. The molecule has 0 bridgehead atoms. The van der Waals surface area contributed by atoms with E-state index in [4.69, 9.17) is 9.47 Å². The van der Waals surface area contributed by atoms with Crippen molar-refractivity contribution < 1.29 is 14.3 Å². The SMILES string of the molecule is CCOc1ccc(CC(=O)N2CCN(c3ccc(OC)nn3)CC2)cc1. The second-order valence-corrected chi connectivity index (χ2v) is 6.06. The van der Waals surface area contributed by atoms with Crippen LogP contribution in [-0.2, 0) is 11.2 Å². The number of carbonyl (C=O) groups is 1. The molecule has 3 rings (SSSR count). The summed E-state index contributed by atoms with van der Waals surface area (Å²) < 4.78 is 10.5. The quantitative estimate of drug-likeness (QED) is 0.786. The summed E-state index contributed by atoms with van der Waals surface area (Å²) >= 11 is 0. The van der Waals surface area contributed by atoms with Crippen molar-refractivity contribution in [1.29, 1.82) is 0 Å². The minimum atomic E-state index is 0.148. The van der Waals surface area contributed by atoms with Gasteiger partial charge in [0.1, 0.15) is 5.75 Å². The summed E-state index contributed by atoms with van der Waals surface area (Å²) in [5.74, 6) is 2.29. The van der Waals surface area contributed by atoms with Crippen LogP contribution in [0.15, 0.2) is 36.4 Å². The van der Waals surface area contributed by atoms with E-state index >= 15 is 0 Å². The molecule has 0 unspecified atom stereocenters. The maximum Gasteiger partial charge on any atom is 0.233 e. The van der Waals surface area contributed by atoms with Crippen molar-refractivity contribution in [2.45, 2.75) is 13.3 Å². The van der Waals surface area contributed by atoms with Crippen LogP contribution in [0.4, 0.5) is 5.82 Å². The minimum absolute atomic E-state index is 0.148. The van der Waals surface area contributed by atoms with Gasteiger partial charge in [-0.25, -0.2) is 0 Å². The molecule has 1 amide bonds. The Labute approximate surface area is 153 Å². The van der Waals surface area contributed by atoms with Crippen molar-refractivity contribution in [3.05, 3.63) is 42.0 Å². The van der Waals surface area contributed by atoms with Gasteiger partial charge in [-0.3, -0.25) is 4.79 Å². The van der Waals surface area contributed by atoms with Gasteiger partial charge in [-0.05, 0) is 30.7 Å². The first-order valence-electron chi connectivity index (χ1n) is 8.81. The molecule has 0 atom stereocenters. The van der Waals surface area contributed by atoms with Crippen molar-refractivity contribution in [3.8, 4) is 11.6 Å². The maximum absolute atomic E-state index is 12.5. The molecule has 26 heavy (non-hydrogen) atoms. The van der Waals surface area contributed by atoms with Crippen molar-refractivity contribution in [1.82, 2.24) is 15.1 Å². The number of hydrogen-bond donors (Lipinski definition) is 0. The van der Waals surface area contributed by atoms with E-state index in [1.165, 1.54) is 0 Å². The smallest absolute Gasteiger partial charge is 0.233 e. The van der Waals surface area contributed by atoms with Gasteiger partial charge in [-0.2, -0.15) is 0 Å². The number of anilines is 1. The maximum atomic E-state index is 12.5. The van der Waals surface area contributed by atoms with Crippen LogP contribution in [0.5, 0.6) is 11.6 Å². The second-order valence-electron chi connectivity index (χ2n) is 6.06. The minimum Gasteiger partial charge on any atom is -0.494 e. The number of methoxy groups -OCH3 is 1. The molecule has 0 saturated carbocycles. The van der Waals surface area contributed by atoms with Crippen LogP contribution in [0.2, 0.25) is 0 Å². The fourth-order valence-corrected chi connectivity index (χ4v) is 2.93. The van der Waals surface area contributed by atoms with Crippen LogP contribution in [0.3, 0.4) is 0 Å². The molecule has 1 saturated heterocycles. The Kier molecular flexibility index (Phi) is 5.88. The van der Waals surface area contributed by atoms with Crippen molar-refractivity contribution in [3.63, 3.8) is 0 Å². The van der Waals surface area contributed by atoms with E-state index in [1.807, 2.05) is 42.2 Å². The molecule has 7 nitrogen and oxygen atoms in total. The number of aromatic nitrogens is 2. The lowest BCUT2D eigenvalue weighted by molar-refractivity contribution is -0.130. The summed E-state index contributed by atoms with van der Waals surface area (Å²) in [4.78, 5) is 16.6. The van der Waals surface area contributed by atoms with Gasteiger partial charge in [0.2, 0.25) is 11.8 Å².